The number of hydrogen-bond donors (Lipinski definition) is 2. The van der Waals surface area contributed by atoms with Gasteiger partial charge in [-0.05, 0) is 42.2 Å². The van der Waals surface area contributed by atoms with Crippen LogP contribution in [0.15, 0.2) is 54.7 Å². The third-order valence-electron chi connectivity index (χ3n) is 4.70. The highest BCUT2D eigenvalue weighted by atomic mass is 16.5. The van der Waals surface area contributed by atoms with E-state index >= 15 is 0 Å². The minimum atomic E-state index is 0.0579. The Balaban J connectivity index is 1.53. The highest BCUT2D eigenvalue weighted by Crippen LogP contribution is 2.22. The van der Waals surface area contributed by atoms with Crippen LogP contribution in [-0.2, 0) is 28.9 Å². The lowest BCUT2D eigenvalue weighted by molar-refractivity contribution is -0.121. The Morgan fingerprint density at radius 1 is 1.11 bits per heavy atom. The predicted octanol–water partition coefficient (Wildman–Crippen LogP) is 3.28. The first-order chi connectivity index (χ1) is 13.2. The van der Waals surface area contributed by atoms with Gasteiger partial charge in [0.2, 0.25) is 5.91 Å². The number of phenolic OH excluding ortho intramolecular Hbond substituents is 1. The van der Waals surface area contributed by atoms with Gasteiger partial charge in [-0.3, -0.25) is 4.79 Å². The van der Waals surface area contributed by atoms with Crippen molar-refractivity contribution in [1.82, 2.24) is 9.88 Å². The Hall–Kier alpha value is -2.79. The number of carbonyl (C=O) groups excluding carboxylic acids is 1. The lowest BCUT2D eigenvalue weighted by Gasteiger charge is -2.05. The first kappa shape index (κ1) is 19.0. The quantitative estimate of drug-likeness (QED) is 0.611. The van der Waals surface area contributed by atoms with E-state index in [1.54, 1.807) is 19.2 Å². The van der Waals surface area contributed by atoms with Gasteiger partial charge in [-0.1, -0.05) is 30.3 Å². The van der Waals surface area contributed by atoms with Crippen molar-refractivity contribution in [2.45, 2.75) is 25.8 Å². The Labute approximate surface area is 159 Å². The van der Waals surface area contributed by atoms with E-state index in [-0.39, 0.29) is 11.7 Å². The summed E-state index contributed by atoms with van der Waals surface area (Å²) in [6, 6.07) is 15.3. The maximum Gasteiger partial charge on any atom is 0.220 e. The van der Waals surface area contributed by atoms with Gasteiger partial charge in [-0.2, -0.15) is 0 Å². The maximum absolute atomic E-state index is 12.2. The van der Waals surface area contributed by atoms with Crippen LogP contribution in [0.5, 0.6) is 5.75 Å². The summed E-state index contributed by atoms with van der Waals surface area (Å²) in [5.41, 5.74) is 3.46. The zero-order valence-corrected chi connectivity index (χ0v) is 15.6. The van der Waals surface area contributed by atoms with Crippen molar-refractivity contribution < 1.29 is 14.6 Å². The van der Waals surface area contributed by atoms with Gasteiger partial charge in [0, 0.05) is 43.7 Å². The molecule has 0 aliphatic rings. The number of benzene rings is 2. The number of methoxy groups -OCH3 is 1. The van der Waals surface area contributed by atoms with Crippen molar-refractivity contribution in [2.24, 2.45) is 0 Å². The van der Waals surface area contributed by atoms with Crippen LogP contribution >= 0.6 is 0 Å². The minimum absolute atomic E-state index is 0.0579. The molecule has 27 heavy (non-hydrogen) atoms. The number of carbonyl (C=O) groups is 1. The average Bonchev–Trinajstić information content (AvgIpc) is 3.04. The first-order valence-corrected chi connectivity index (χ1v) is 9.27. The number of para-hydroxylation sites is 1. The lowest BCUT2D eigenvalue weighted by atomic mass is 10.1. The lowest BCUT2D eigenvalue weighted by Crippen LogP contribution is -2.25. The topological polar surface area (TPSA) is 63.5 Å². The van der Waals surface area contributed by atoms with E-state index in [1.807, 2.05) is 24.3 Å². The molecule has 0 saturated heterocycles. The van der Waals surface area contributed by atoms with E-state index in [4.69, 9.17) is 4.74 Å². The van der Waals surface area contributed by atoms with Crippen molar-refractivity contribution >= 4 is 16.8 Å². The normalized spacial score (nSPS) is 11.0. The molecule has 0 unspecified atom stereocenters. The highest BCUT2D eigenvalue weighted by Gasteiger charge is 2.10. The molecule has 0 spiro atoms. The number of fused-ring (bicyclic) bond motifs is 1. The molecule has 5 heteroatoms. The van der Waals surface area contributed by atoms with Gasteiger partial charge in [0.15, 0.2) is 0 Å². The molecule has 1 amide bonds. The second-order valence-electron chi connectivity index (χ2n) is 6.62. The SMILES string of the molecule is COCCn1cc(CCC(=O)NCCc2ccc(O)cc2)c2ccccc21. The predicted molar refractivity (Wildman–Crippen MR) is 107 cm³/mol. The molecule has 5 nitrogen and oxygen atoms in total. The molecular formula is C22H26N2O3. The van der Waals surface area contributed by atoms with Crippen LogP contribution in [0.25, 0.3) is 10.9 Å². The molecule has 142 valence electrons. The number of aromatic nitrogens is 1. The van der Waals surface area contributed by atoms with Gasteiger partial charge in [0.25, 0.3) is 0 Å². The van der Waals surface area contributed by atoms with Crippen LogP contribution in [-0.4, -0.2) is 35.8 Å². The second-order valence-corrected chi connectivity index (χ2v) is 6.62. The molecule has 0 aliphatic heterocycles. The number of nitrogens with one attached hydrogen (secondary N) is 1. The number of aryl methyl sites for hydroxylation is 1. The fraction of sp³-hybridized carbons (Fsp3) is 0.318. The Bertz CT molecular complexity index is 884. The molecule has 2 N–H and O–H groups in total. The van der Waals surface area contributed by atoms with Crippen molar-refractivity contribution in [3.05, 3.63) is 65.9 Å². The number of hydrogen-bond acceptors (Lipinski definition) is 3. The number of rotatable bonds is 9. The number of nitrogens with zero attached hydrogens (tertiary/aromatic N) is 1. The van der Waals surface area contributed by atoms with Crippen LogP contribution in [0.1, 0.15) is 17.5 Å². The molecule has 0 atom stereocenters. The molecule has 1 heterocycles. The van der Waals surface area contributed by atoms with Gasteiger partial charge in [0.1, 0.15) is 5.75 Å². The zero-order valence-electron chi connectivity index (χ0n) is 15.6. The number of aromatic hydroxyl groups is 1. The van der Waals surface area contributed by atoms with Crippen molar-refractivity contribution in [1.29, 1.82) is 0 Å². The summed E-state index contributed by atoms with van der Waals surface area (Å²) in [5.74, 6) is 0.315. The van der Waals surface area contributed by atoms with Gasteiger partial charge >= 0.3 is 0 Å². The minimum Gasteiger partial charge on any atom is -0.508 e. The molecule has 0 bridgehead atoms. The molecule has 3 aromatic rings. The Kier molecular flexibility index (Phi) is 6.49. The summed E-state index contributed by atoms with van der Waals surface area (Å²) in [7, 11) is 1.70. The van der Waals surface area contributed by atoms with E-state index < -0.39 is 0 Å². The van der Waals surface area contributed by atoms with E-state index in [9.17, 15) is 9.90 Å². The number of amides is 1. The largest absolute Gasteiger partial charge is 0.508 e. The maximum atomic E-state index is 12.2. The molecule has 0 aliphatic carbocycles. The summed E-state index contributed by atoms with van der Waals surface area (Å²) in [5, 5.41) is 13.5. The van der Waals surface area contributed by atoms with E-state index in [1.165, 1.54) is 16.5 Å². The summed E-state index contributed by atoms with van der Waals surface area (Å²) in [4.78, 5) is 12.2. The number of ether oxygens (including phenoxy) is 1. The molecule has 0 radical (unpaired) electrons. The molecule has 3 rings (SSSR count). The summed E-state index contributed by atoms with van der Waals surface area (Å²) in [6.07, 6.45) is 4.06. The van der Waals surface area contributed by atoms with Crippen molar-refractivity contribution in [2.75, 3.05) is 20.3 Å². The average molecular weight is 366 g/mol. The molecule has 1 aromatic heterocycles. The third kappa shape index (κ3) is 5.11. The standard InChI is InChI=1S/C22H26N2O3/c1-27-15-14-24-16-18(20-4-2-3-5-21(20)24)8-11-22(26)23-13-12-17-6-9-19(25)10-7-17/h2-7,9-10,16,25H,8,11-15H2,1H3,(H,23,26). The zero-order chi connectivity index (χ0) is 19.1. The summed E-state index contributed by atoms with van der Waals surface area (Å²) in [6.45, 7) is 2.06. The second kappa shape index (κ2) is 9.24. The Morgan fingerprint density at radius 3 is 2.67 bits per heavy atom. The molecular weight excluding hydrogens is 340 g/mol. The monoisotopic (exact) mass is 366 g/mol. The molecule has 2 aromatic carbocycles. The van der Waals surface area contributed by atoms with E-state index in [2.05, 4.69) is 28.2 Å². The third-order valence-corrected chi connectivity index (χ3v) is 4.70. The van der Waals surface area contributed by atoms with Gasteiger partial charge in [0.05, 0.1) is 6.61 Å². The van der Waals surface area contributed by atoms with Crippen molar-refractivity contribution in [3.8, 4) is 5.75 Å². The van der Waals surface area contributed by atoms with Crippen LogP contribution in [0.2, 0.25) is 0 Å². The summed E-state index contributed by atoms with van der Waals surface area (Å²) < 4.78 is 7.38. The van der Waals surface area contributed by atoms with E-state index in [0.29, 0.717) is 26.0 Å². The van der Waals surface area contributed by atoms with Gasteiger partial charge < -0.3 is 19.7 Å². The Morgan fingerprint density at radius 2 is 1.89 bits per heavy atom. The van der Waals surface area contributed by atoms with E-state index in [0.717, 1.165) is 18.5 Å². The first-order valence-electron chi connectivity index (χ1n) is 9.27. The summed E-state index contributed by atoms with van der Waals surface area (Å²) >= 11 is 0. The fourth-order valence-electron chi connectivity index (χ4n) is 3.24. The van der Waals surface area contributed by atoms with Gasteiger partial charge in [-0.15, -0.1) is 0 Å². The smallest absolute Gasteiger partial charge is 0.220 e. The fourth-order valence-corrected chi connectivity index (χ4v) is 3.24. The van der Waals surface area contributed by atoms with Crippen LogP contribution < -0.4 is 5.32 Å². The van der Waals surface area contributed by atoms with Crippen LogP contribution in [0.3, 0.4) is 0 Å². The molecule has 0 fully saturated rings. The van der Waals surface area contributed by atoms with Crippen LogP contribution in [0, 0.1) is 0 Å². The number of phenols is 1. The van der Waals surface area contributed by atoms with Crippen LogP contribution in [0.4, 0.5) is 0 Å². The molecule has 0 saturated carbocycles. The van der Waals surface area contributed by atoms with Gasteiger partial charge in [-0.25, -0.2) is 0 Å². The van der Waals surface area contributed by atoms with Crippen molar-refractivity contribution in [3.63, 3.8) is 0 Å². The highest BCUT2D eigenvalue weighted by molar-refractivity contribution is 5.85.